The van der Waals surface area contributed by atoms with Gasteiger partial charge >= 0.3 is 0 Å². The lowest BCUT2D eigenvalue weighted by Gasteiger charge is -2.30. The summed E-state index contributed by atoms with van der Waals surface area (Å²) in [5.41, 5.74) is 2.47. The summed E-state index contributed by atoms with van der Waals surface area (Å²) in [7, 11) is -0.698. The minimum absolute atomic E-state index is 0.326. The molecule has 3 rings (SSSR count). The summed E-state index contributed by atoms with van der Waals surface area (Å²) in [5, 5.41) is 7.27. The summed E-state index contributed by atoms with van der Waals surface area (Å²) in [6, 6.07) is 9.06. The van der Waals surface area contributed by atoms with Crippen molar-refractivity contribution in [3.8, 4) is 0 Å². The smallest absolute Gasteiger partial charge is 0.191 e. The lowest BCUT2D eigenvalue weighted by atomic mass is 9.95. The standard InChI is InChI=1S/C22H34N4OS/c1-3-23-22(25-19-8-7-9-21(16-19)28(27)4-2)24-17-18-10-12-20(13-11-18)26-14-5-6-15-26/h5-6,10-13,19,21H,3-4,7-9,14-17H2,1-2H3,(H2,23,24,25). The molecule has 5 nitrogen and oxygen atoms in total. The molecule has 1 heterocycles. The molecule has 6 heteroatoms. The highest BCUT2D eigenvalue weighted by molar-refractivity contribution is 7.85. The second-order valence-electron chi connectivity index (χ2n) is 7.54. The van der Waals surface area contributed by atoms with E-state index in [0.717, 1.165) is 57.0 Å². The van der Waals surface area contributed by atoms with Gasteiger partial charge in [-0.1, -0.05) is 37.6 Å². The zero-order chi connectivity index (χ0) is 19.8. The summed E-state index contributed by atoms with van der Waals surface area (Å²) >= 11 is 0. The van der Waals surface area contributed by atoms with Gasteiger partial charge in [0, 0.05) is 53.2 Å². The van der Waals surface area contributed by atoms with Gasteiger partial charge in [0.2, 0.25) is 0 Å². The quantitative estimate of drug-likeness (QED) is 0.418. The number of benzene rings is 1. The van der Waals surface area contributed by atoms with Gasteiger partial charge in [0.25, 0.3) is 0 Å². The van der Waals surface area contributed by atoms with Crippen LogP contribution in [0.15, 0.2) is 41.4 Å². The number of guanidine groups is 1. The molecule has 3 unspecified atom stereocenters. The summed E-state index contributed by atoms with van der Waals surface area (Å²) in [4.78, 5) is 7.13. The van der Waals surface area contributed by atoms with Crippen LogP contribution >= 0.6 is 0 Å². The molecular formula is C22H34N4OS. The van der Waals surface area contributed by atoms with Gasteiger partial charge in [-0.2, -0.15) is 0 Å². The van der Waals surface area contributed by atoms with Crippen molar-refractivity contribution in [3.63, 3.8) is 0 Å². The summed E-state index contributed by atoms with van der Waals surface area (Å²) in [6.45, 7) is 7.60. The molecule has 2 aliphatic rings. The molecule has 1 fully saturated rings. The Morgan fingerprint density at radius 1 is 1.18 bits per heavy atom. The molecule has 0 bridgehead atoms. The van der Waals surface area contributed by atoms with Gasteiger partial charge in [0.1, 0.15) is 0 Å². The third-order valence-corrected chi connectivity index (χ3v) is 7.25. The minimum Gasteiger partial charge on any atom is -0.364 e. The van der Waals surface area contributed by atoms with Crippen LogP contribution in [-0.2, 0) is 17.3 Å². The maximum absolute atomic E-state index is 12.2. The first-order chi connectivity index (χ1) is 13.7. The third kappa shape index (κ3) is 5.84. The Balaban J connectivity index is 1.57. The van der Waals surface area contributed by atoms with E-state index in [9.17, 15) is 4.21 Å². The third-order valence-electron chi connectivity index (χ3n) is 5.51. The average Bonchev–Trinajstić information content (AvgIpc) is 3.27. The van der Waals surface area contributed by atoms with Crippen LogP contribution in [-0.4, -0.2) is 46.8 Å². The van der Waals surface area contributed by atoms with E-state index in [1.54, 1.807) is 0 Å². The van der Waals surface area contributed by atoms with Crippen LogP contribution in [0.1, 0.15) is 45.1 Å². The Kier molecular flexibility index (Phi) is 7.95. The molecule has 1 aromatic carbocycles. The lowest BCUT2D eigenvalue weighted by molar-refractivity contribution is 0.413. The molecule has 1 aromatic rings. The Morgan fingerprint density at radius 3 is 2.61 bits per heavy atom. The van der Waals surface area contributed by atoms with E-state index in [1.807, 2.05) is 6.92 Å². The Bertz CT molecular complexity index is 693. The Morgan fingerprint density at radius 2 is 1.93 bits per heavy atom. The van der Waals surface area contributed by atoms with Crippen molar-refractivity contribution < 1.29 is 4.21 Å². The topological polar surface area (TPSA) is 56.7 Å². The lowest BCUT2D eigenvalue weighted by Crippen LogP contribution is -2.46. The molecule has 1 saturated carbocycles. The number of hydrogen-bond acceptors (Lipinski definition) is 3. The fraction of sp³-hybridized carbons (Fsp3) is 0.591. The highest BCUT2D eigenvalue weighted by Crippen LogP contribution is 2.23. The first kappa shape index (κ1) is 20.9. The van der Waals surface area contributed by atoms with E-state index >= 15 is 0 Å². The fourth-order valence-corrected chi connectivity index (χ4v) is 5.28. The molecule has 0 aromatic heterocycles. The van der Waals surface area contributed by atoms with Crippen LogP contribution in [0.3, 0.4) is 0 Å². The Hall–Kier alpha value is -1.82. The predicted octanol–water partition coefficient (Wildman–Crippen LogP) is 3.20. The fourth-order valence-electron chi connectivity index (χ4n) is 3.94. The molecule has 1 aliphatic heterocycles. The molecule has 0 amide bonds. The number of nitrogens with zero attached hydrogens (tertiary/aromatic N) is 2. The number of aliphatic imine (C=N–C) groups is 1. The van der Waals surface area contributed by atoms with Crippen molar-refractivity contribution in [1.82, 2.24) is 10.6 Å². The maximum Gasteiger partial charge on any atom is 0.191 e. The normalized spacial score (nSPS) is 23.6. The molecule has 154 valence electrons. The first-order valence-corrected chi connectivity index (χ1v) is 12.0. The number of nitrogens with one attached hydrogen (secondary N) is 2. The number of anilines is 1. The largest absolute Gasteiger partial charge is 0.364 e. The van der Waals surface area contributed by atoms with Crippen molar-refractivity contribution in [2.45, 2.75) is 57.4 Å². The van der Waals surface area contributed by atoms with Gasteiger partial charge < -0.3 is 15.5 Å². The molecule has 0 spiro atoms. The summed E-state index contributed by atoms with van der Waals surface area (Å²) in [5.74, 6) is 1.62. The predicted molar refractivity (Wildman–Crippen MR) is 120 cm³/mol. The van der Waals surface area contributed by atoms with E-state index in [0.29, 0.717) is 17.8 Å². The second-order valence-corrected chi connectivity index (χ2v) is 9.54. The van der Waals surface area contributed by atoms with Gasteiger partial charge in [-0.05, 0) is 43.9 Å². The summed E-state index contributed by atoms with van der Waals surface area (Å²) < 4.78 is 12.2. The van der Waals surface area contributed by atoms with E-state index in [4.69, 9.17) is 4.99 Å². The SMILES string of the molecule is CCNC(=NCc1ccc(N2CC=CC2)cc1)NC1CCCC(S(=O)CC)C1. The van der Waals surface area contributed by atoms with Gasteiger partial charge in [-0.25, -0.2) is 4.99 Å². The van der Waals surface area contributed by atoms with Gasteiger partial charge in [-0.15, -0.1) is 0 Å². The first-order valence-electron chi connectivity index (χ1n) is 10.6. The summed E-state index contributed by atoms with van der Waals surface area (Å²) in [6.07, 6.45) is 8.74. The number of rotatable bonds is 7. The van der Waals surface area contributed by atoms with Crippen molar-refractivity contribution in [3.05, 3.63) is 42.0 Å². The van der Waals surface area contributed by atoms with Gasteiger partial charge in [0.15, 0.2) is 5.96 Å². The molecular weight excluding hydrogens is 368 g/mol. The highest BCUT2D eigenvalue weighted by atomic mass is 32.2. The van der Waals surface area contributed by atoms with Crippen LogP contribution < -0.4 is 15.5 Å². The van der Waals surface area contributed by atoms with Crippen molar-refractivity contribution >= 4 is 22.4 Å². The van der Waals surface area contributed by atoms with Gasteiger partial charge in [-0.3, -0.25) is 4.21 Å². The number of hydrogen-bond donors (Lipinski definition) is 2. The molecule has 1 aliphatic carbocycles. The zero-order valence-electron chi connectivity index (χ0n) is 17.2. The van der Waals surface area contributed by atoms with Gasteiger partial charge in [0.05, 0.1) is 6.54 Å². The maximum atomic E-state index is 12.2. The van der Waals surface area contributed by atoms with Crippen LogP contribution in [0.25, 0.3) is 0 Å². The molecule has 0 radical (unpaired) electrons. The molecule has 3 atom stereocenters. The highest BCUT2D eigenvalue weighted by Gasteiger charge is 2.26. The van der Waals surface area contributed by atoms with E-state index < -0.39 is 10.8 Å². The van der Waals surface area contributed by atoms with Crippen LogP contribution in [0.2, 0.25) is 0 Å². The average molecular weight is 403 g/mol. The Labute approximate surface area is 172 Å². The monoisotopic (exact) mass is 402 g/mol. The minimum atomic E-state index is -0.698. The molecule has 0 saturated heterocycles. The van der Waals surface area contributed by atoms with E-state index in [-0.39, 0.29) is 0 Å². The van der Waals surface area contributed by atoms with Crippen LogP contribution in [0.5, 0.6) is 0 Å². The second kappa shape index (κ2) is 10.6. The zero-order valence-corrected chi connectivity index (χ0v) is 18.0. The van der Waals surface area contributed by atoms with E-state index in [2.05, 4.69) is 58.9 Å². The molecule has 28 heavy (non-hydrogen) atoms. The molecule has 2 N–H and O–H groups in total. The van der Waals surface area contributed by atoms with Crippen molar-refractivity contribution in [2.75, 3.05) is 30.3 Å². The van der Waals surface area contributed by atoms with Crippen molar-refractivity contribution in [1.29, 1.82) is 0 Å². The van der Waals surface area contributed by atoms with Crippen LogP contribution in [0, 0.1) is 0 Å². The van der Waals surface area contributed by atoms with Crippen molar-refractivity contribution in [2.24, 2.45) is 4.99 Å². The van der Waals surface area contributed by atoms with Crippen LogP contribution in [0.4, 0.5) is 5.69 Å². The van der Waals surface area contributed by atoms with E-state index in [1.165, 1.54) is 11.3 Å².